The molecule has 0 amide bonds. The van der Waals surface area contributed by atoms with E-state index in [0.717, 1.165) is 24.5 Å². The first kappa shape index (κ1) is 13.8. The lowest BCUT2D eigenvalue weighted by molar-refractivity contribution is 0.105. The van der Waals surface area contributed by atoms with Crippen molar-refractivity contribution in [2.24, 2.45) is 5.92 Å². The molecular weight excluding hydrogens is 256 g/mol. The van der Waals surface area contributed by atoms with Crippen LogP contribution in [0.4, 0.5) is 0 Å². The molecule has 2 bridgehead atoms. The van der Waals surface area contributed by atoms with Crippen molar-refractivity contribution in [1.29, 1.82) is 0 Å². The number of hydrogen-bond donors (Lipinski definition) is 1. The van der Waals surface area contributed by atoms with Gasteiger partial charge in [-0.1, -0.05) is 31.2 Å². The van der Waals surface area contributed by atoms with E-state index >= 15 is 0 Å². The Balaban J connectivity index is 1.61. The van der Waals surface area contributed by atoms with Crippen LogP contribution < -0.4 is 5.32 Å². The predicted octanol–water partition coefficient (Wildman–Crippen LogP) is 3.53. The van der Waals surface area contributed by atoms with Crippen LogP contribution in [0.25, 0.3) is 0 Å². The predicted molar refractivity (Wildman–Crippen MR) is 87.4 cm³/mol. The van der Waals surface area contributed by atoms with Gasteiger partial charge < -0.3 is 5.32 Å². The van der Waals surface area contributed by atoms with Gasteiger partial charge in [-0.05, 0) is 62.1 Å². The molecule has 0 aromatic heterocycles. The molecule has 2 aliphatic carbocycles. The zero-order valence-corrected chi connectivity index (χ0v) is 13.2. The van der Waals surface area contributed by atoms with E-state index in [2.05, 4.69) is 41.4 Å². The first-order chi connectivity index (χ1) is 10.4. The molecule has 1 aromatic carbocycles. The Morgan fingerprint density at radius 1 is 1.19 bits per heavy atom. The second-order valence-corrected chi connectivity index (χ2v) is 7.27. The Kier molecular flexibility index (Phi) is 3.76. The van der Waals surface area contributed by atoms with Gasteiger partial charge in [0.05, 0.1) is 0 Å². The number of piperidine rings is 1. The van der Waals surface area contributed by atoms with Crippen molar-refractivity contribution >= 4 is 0 Å². The minimum atomic E-state index is 0.550. The van der Waals surface area contributed by atoms with Gasteiger partial charge in [-0.3, -0.25) is 4.90 Å². The molecule has 21 heavy (non-hydrogen) atoms. The first-order valence-electron chi connectivity index (χ1n) is 8.93. The highest BCUT2D eigenvalue weighted by Gasteiger charge is 2.44. The summed E-state index contributed by atoms with van der Waals surface area (Å²) in [6.07, 6.45) is 8.22. The lowest BCUT2D eigenvalue weighted by Crippen LogP contribution is -2.50. The van der Waals surface area contributed by atoms with E-state index in [9.17, 15) is 0 Å². The molecule has 1 heterocycles. The maximum Gasteiger partial charge on any atom is 0.0481 e. The van der Waals surface area contributed by atoms with Crippen LogP contribution in [0.3, 0.4) is 0 Å². The van der Waals surface area contributed by atoms with Crippen molar-refractivity contribution in [3.05, 3.63) is 35.4 Å². The lowest BCUT2D eigenvalue weighted by atomic mass is 9.82. The van der Waals surface area contributed by atoms with Gasteiger partial charge in [0, 0.05) is 24.7 Å². The van der Waals surface area contributed by atoms with Gasteiger partial charge in [-0.15, -0.1) is 0 Å². The molecule has 2 fully saturated rings. The van der Waals surface area contributed by atoms with E-state index in [-0.39, 0.29) is 0 Å². The fourth-order valence-electron chi connectivity index (χ4n) is 5.01. The summed E-state index contributed by atoms with van der Waals surface area (Å²) in [5.74, 6) is 0.999. The van der Waals surface area contributed by atoms with E-state index in [0.29, 0.717) is 6.04 Å². The molecule has 4 atom stereocenters. The van der Waals surface area contributed by atoms with Crippen molar-refractivity contribution in [2.45, 2.75) is 63.6 Å². The van der Waals surface area contributed by atoms with Gasteiger partial charge in [-0.2, -0.15) is 0 Å². The molecule has 4 rings (SSSR count). The van der Waals surface area contributed by atoms with Crippen LogP contribution in [-0.4, -0.2) is 30.1 Å². The summed E-state index contributed by atoms with van der Waals surface area (Å²) in [6, 6.07) is 11.3. The van der Waals surface area contributed by atoms with E-state index in [4.69, 9.17) is 0 Å². The van der Waals surface area contributed by atoms with E-state index < -0.39 is 0 Å². The zero-order chi connectivity index (χ0) is 14.2. The summed E-state index contributed by atoms with van der Waals surface area (Å²) in [7, 11) is 0. The van der Waals surface area contributed by atoms with Crippen molar-refractivity contribution in [3.8, 4) is 0 Å². The molecule has 1 aromatic rings. The van der Waals surface area contributed by atoms with E-state index in [1.165, 1.54) is 45.1 Å². The van der Waals surface area contributed by atoms with Crippen LogP contribution in [0, 0.1) is 5.92 Å². The van der Waals surface area contributed by atoms with Gasteiger partial charge >= 0.3 is 0 Å². The number of rotatable bonds is 4. The van der Waals surface area contributed by atoms with Gasteiger partial charge in [-0.25, -0.2) is 0 Å². The largest absolute Gasteiger partial charge is 0.309 e. The maximum absolute atomic E-state index is 3.87. The molecule has 1 N–H and O–H groups in total. The quantitative estimate of drug-likeness (QED) is 0.910. The van der Waals surface area contributed by atoms with Crippen molar-refractivity contribution in [3.63, 3.8) is 0 Å². The number of benzene rings is 1. The number of likely N-dealkylation sites (tertiary alicyclic amines) is 1. The molecule has 1 saturated carbocycles. The van der Waals surface area contributed by atoms with E-state index in [1.807, 2.05) is 0 Å². The number of nitrogens with zero attached hydrogens (tertiary/aromatic N) is 1. The lowest BCUT2D eigenvalue weighted by Gasteiger charge is -2.43. The zero-order valence-electron chi connectivity index (χ0n) is 13.2. The highest BCUT2D eigenvalue weighted by Crippen LogP contribution is 2.43. The summed E-state index contributed by atoms with van der Waals surface area (Å²) in [6.45, 7) is 4.77. The fourth-order valence-corrected chi connectivity index (χ4v) is 5.01. The molecule has 4 unspecified atom stereocenters. The average molecular weight is 284 g/mol. The molecule has 0 spiro atoms. The third-order valence-electron chi connectivity index (χ3n) is 5.98. The topological polar surface area (TPSA) is 15.3 Å². The minimum absolute atomic E-state index is 0.550. The van der Waals surface area contributed by atoms with Crippen LogP contribution >= 0.6 is 0 Å². The number of hydrogen-bond acceptors (Lipinski definition) is 2. The summed E-state index contributed by atoms with van der Waals surface area (Å²) in [4.78, 5) is 2.87. The summed E-state index contributed by atoms with van der Waals surface area (Å²) >= 11 is 0. The number of nitrogens with one attached hydrogen (secondary N) is 1. The monoisotopic (exact) mass is 284 g/mol. The normalized spacial score (nSPS) is 35.1. The van der Waals surface area contributed by atoms with Crippen LogP contribution in [0.5, 0.6) is 0 Å². The third kappa shape index (κ3) is 2.43. The minimum Gasteiger partial charge on any atom is -0.309 e. The van der Waals surface area contributed by atoms with Gasteiger partial charge in [0.2, 0.25) is 0 Å². The Labute approximate surface area is 128 Å². The summed E-state index contributed by atoms with van der Waals surface area (Å²) < 4.78 is 0. The average Bonchev–Trinajstić information content (AvgIpc) is 3.15. The molecular formula is C19H28N2. The molecule has 2 heteroatoms. The van der Waals surface area contributed by atoms with Crippen LogP contribution in [0.15, 0.2) is 24.3 Å². The number of fused-ring (bicyclic) bond motifs is 3. The Bertz CT molecular complexity index is 498. The number of aryl methyl sites for hydroxylation is 1. The van der Waals surface area contributed by atoms with Crippen LogP contribution in [0.1, 0.15) is 56.2 Å². The van der Waals surface area contributed by atoms with E-state index in [1.54, 1.807) is 11.1 Å². The fraction of sp³-hybridized carbons (Fsp3) is 0.684. The molecule has 0 radical (unpaired) electrons. The Hall–Kier alpha value is -0.860. The second-order valence-electron chi connectivity index (χ2n) is 7.27. The molecule has 1 aliphatic heterocycles. The summed E-state index contributed by atoms with van der Waals surface area (Å²) in [5, 5.41) is 3.87. The highest BCUT2D eigenvalue weighted by atomic mass is 15.2. The van der Waals surface area contributed by atoms with Gasteiger partial charge in [0.15, 0.2) is 0 Å². The molecule has 114 valence electrons. The third-order valence-corrected chi connectivity index (χ3v) is 5.98. The Morgan fingerprint density at radius 2 is 2.10 bits per heavy atom. The van der Waals surface area contributed by atoms with Gasteiger partial charge in [0.25, 0.3) is 0 Å². The van der Waals surface area contributed by atoms with Crippen molar-refractivity contribution in [1.82, 2.24) is 10.2 Å². The van der Waals surface area contributed by atoms with Crippen LogP contribution in [0.2, 0.25) is 0 Å². The highest BCUT2D eigenvalue weighted by molar-refractivity contribution is 5.34. The second kappa shape index (κ2) is 5.73. The Morgan fingerprint density at radius 3 is 2.86 bits per heavy atom. The van der Waals surface area contributed by atoms with Crippen LogP contribution in [-0.2, 0) is 6.42 Å². The van der Waals surface area contributed by atoms with Gasteiger partial charge in [0.1, 0.15) is 0 Å². The summed E-state index contributed by atoms with van der Waals surface area (Å²) in [5.41, 5.74) is 3.15. The van der Waals surface area contributed by atoms with Crippen molar-refractivity contribution < 1.29 is 0 Å². The molecule has 3 aliphatic rings. The standard InChI is InChI=1S/C19H28N2/c1-2-11-20-19-17-6-4-3-5-15(17)8-10-18(19)21-13-14-7-9-16(21)12-14/h3-6,14,16,18-20H,2,7-13H2,1H3. The first-order valence-corrected chi connectivity index (χ1v) is 8.93. The molecule has 1 saturated heterocycles. The maximum atomic E-state index is 3.87. The van der Waals surface area contributed by atoms with Crippen molar-refractivity contribution in [2.75, 3.05) is 13.1 Å². The smallest absolute Gasteiger partial charge is 0.0481 e. The SMILES string of the molecule is CCCNC1c2ccccc2CCC1N1CC2CCC1C2. The molecule has 2 nitrogen and oxygen atoms in total.